The number of nitrogens with zero attached hydrogens (tertiary/aromatic N) is 2. The Morgan fingerprint density at radius 1 is 0.697 bits per heavy atom. The lowest BCUT2D eigenvalue weighted by Crippen LogP contribution is -2.34. The van der Waals surface area contributed by atoms with E-state index >= 15 is 0 Å². The molecular weight excluding hydrogens is 439 g/mol. The van der Waals surface area contributed by atoms with Gasteiger partial charge in [0.2, 0.25) is 0 Å². The molecule has 0 aliphatic rings. The quantitative estimate of drug-likeness (QED) is 0.173. The fourth-order valence-corrected chi connectivity index (χ4v) is 9.21. The molecule has 4 aromatic rings. The molecule has 0 fully saturated rings. The van der Waals surface area contributed by atoms with Crippen LogP contribution in [0.5, 0.6) is 0 Å². The maximum absolute atomic E-state index is 10.8. The molecule has 4 rings (SSSR count). The van der Waals surface area contributed by atoms with Gasteiger partial charge in [0.25, 0.3) is 0 Å². The van der Waals surface area contributed by atoms with E-state index in [4.69, 9.17) is 4.99 Å². The van der Waals surface area contributed by atoms with Crippen molar-refractivity contribution in [3.8, 4) is 0 Å². The fraction of sp³-hybridized carbons (Fsp3) is 0.0690. The van der Waals surface area contributed by atoms with Crippen LogP contribution in [0.25, 0.3) is 5.41 Å². The van der Waals surface area contributed by atoms with Gasteiger partial charge < -0.3 is 5.41 Å². The van der Waals surface area contributed by atoms with Crippen LogP contribution in [0.2, 0.25) is 0 Å². The molecule has 0 saturated heterocycles. The van der Waals surface area contributed by atoms with E-state index < -0.39 is 7.26 Å². The normalized spacial score (nSPS) is 11.6. The Bertz CT molecular complexity index is 1150. The fourth-order valence-electron chi connectivity index (χ4n) is 3.97. The third-order valence-electron chi connectivity index (χ3n) is 5.34. The first-order valence-corrected chi connectivity index (χ1v) is 13.7. The third-order valence-corrected chi connectivity index (χ3v) is 10.6. The summed E-state index contributed by atoms with van der Waals surface area (Å²) in [7, 11) is -2.48. The van der Waals surface area contributed by atoms with Crippen LogP contribution in [0, 0.1) is 0 Å². The predicted octanol–water partition coefficient (Wildman–Crippen LogP) is 6.59. The van der Waals surface area contributed by atoms with Crippen LogP contribution in [0.15, 0.2) is 132 Å². The van der Waals surface area contributed by atoms with Crippen molar-refractivity contribution in [2.45, 2.75) is 6.92 Å². The van der Waals surface area contributed by atoms with Crippen LogP contribution < -0.4 is 15.9 Å². The number of rotatable bonds is 7. The molecule has 0 N–H and O–H groups in total. The lowest BCUT2D eigenvalue weighted by molar-refractivity contribution is 1.52. The average molecular weight is 465 g/mol. The van der Waals surface area contributed by atoms with Gasteiger partial charge in [0, 0.05) is 0 Å². The van der Waals surface area contributed by atoms with Gasteiger partial charge in [-0.2, -0.15) is 0 Å². The van der Waals surface area contributed by atoms with Crippen LogP contribution >= 0.6 is 19.0 Å². The Morgan fingerprint density at radius 3 is 1.45 bits per heavy atom. The van der Waals surface area contributed by atoms with Crippen LogP contribution in [-0.2, 0) is 0 Å². The first-order valence-electron chi connectivity index (χ1n) is 10.9. The minimum Gasteiger partial charge on any atom is -0.760 e. The minimum atomic E-state index is -2.48. The second-order valence-corrected chi connectivity index (χ2v) is 11.9. The molecule has 162 valence electrons. The Kier molecular flexibility index (Phi) is 7.70. The molecular formula is C29H25N2PS. The van der Waals surface area contributed by atoms with E-state index in [2.05, 4.69) is 85.6 Å². The number of benzene rings is 4. The van der Waals surface area contributed by atoms with E-state index in [1.54, 1.807) is 11.8 Å². The highest BCUT2D eigenvalue weighted by molar-refractivity contribution is 8.17. The summed E-state index contributed by atoms with van der Waals surface area (Å²) < 4.78 is 0. The maximum Gasteiger partial charge on any atom is 0.160 e. The van der Waals surface area contributed by atoms with Crippen LogP contribution in [0.4, 0.5) is 5.69 Å². The van der Waals surface area contributed by atoms with Crippen molar-refractivity contribution >= 4 is 51.5 Å². The molecule has 4 heteroatoms. The second-order valence-electron chi connectivity index (χ2n) is 7.32. The van der Waals surface area contributed by atoms with Crippen molar-refractivity contribution < 1.29 is 0 Å². The van der Waals surface area contributed by atoms with Crippen molar-refractivity contribution in [1.82, 2.24) is 0 Å². The van der Waals surface area contributed by atoms with Gasteiger partial charge in [0.05, 0.1) is 5.69 Å². The van der Waals surface area contributed by atoms with Gasteiger partial charge in [-0.1, -0.05) is 79.7 Å². The third kappa shape index (κ3) is 4.77. The van der Waals surface area contributed by atoms with Crippen molar-refractivity contribution in [3.63, 3.8) is 0 Å². The topological polar surface area (TPSA) is 34.7 Å². The monoisotopic (exact) mass is 464 g/mol. The Balaban J connectivity index is 2.09. The maximum atomic E-state index is 10.8. The minimum absolute atomic E-state index is 0.738. The van der Waals surface area contributed by atoms with E-state index in [0.717, 1.165) is 37.7 Å². The summed E-state index contributed by atoms with van der Waals surface area (Å²) in [4.78, 5) is 5.01. The molecule has 0 aliphatic heterocycles. The average Bonchev–Trinajstić information content (AvgIpc) is 2.89. The Hall–Kier alpha value is -3.22. The van der Waals surface area contributed by atoms with Crippen molar-refractivity contribution in [3.05, 3.63) is 132 Å². The highest BCUT2D eigenvalue weighted by Crippen LogP contribution is 2.62. The molecule has 0 amide bonds. The molecule has 0 atom stereocenters. The van der Waals surface area contributed by atoms with Crippen molar-refractivity contribution in [2.24, 2.45) is 4.99 Å². The summed E-state index contributed by atoms with van der Waals surface area (Å²) in [5.41, 5.74) is 0.855. The highest BCUT2D eigenvalue weighted by Gasteiger charge is 2.51. The summed E-state index contributed by atoms with van der Waals surface area (Å²) in [6, 6.07) is 41.3. The number of para-hydroxylation sites is 1. The molecule has 33 heavy (non-hydrogen) atoms. The lowest BCUT2D eigenvalue weighted by atomic mass is 10.3. The van der Waals surface area contributed by atoms with Gasteiger partial charge in [-0.15, -0.1) is 11.8 Å². The van der Waals surface area contributed by atoms with E-state index in [1.165, 1.54) is 0 Å². The molecule has 0 saturated carbocycles. The summed E-state index contributed by atoms with van der Waals surface area (Å²) in [6.45, 7) is 2.11. The van der Waals surface area contributed by atoms with E-state index in [0.29, 0.717) is 0 Å². The zero-order chi connectivity index (χ0) is 22.9. The van der Waals surface area contributed by atoms with Crippen LogP contribution in [0.3, 0.4) is 0 Å². The molecule has 0 unspecified atom stereocenters. The Morgan fingerprint density at radius 2 is 1.09 bits per heavy atom. The molecule has 0 aromatic heterocycles. The summed E-state index contributed by atoms with van der Waals surface area (Å²) in [6.07, 6.45) is 0. The first-order chi connectivity index (χ1) is 16.3. The number of thioether (sulfide) groups is 1. The van der Waals surface area contributed by atoms with Crippen molar-refractivity contribution in [1.29, 1.82) is 0 Å². The van der Waals surface area contributed by atoms with Gasteiger partial charge in [0.1, 0.15) is 21.0 Å². The van der Waals surface area contributed by atoms with Gasteiger partial charge in [-0.05, 0) is 54.3 Å². The smallest absolute Gasteiger partial charge is 0.160 e. The number of hydrogen-bond acceptors (Lipinski definition) is 2. The predicted molar refractivity (Wildman–Crippen MR) is 149 cm³/mol. The zero-order valence-electron chi connectivity index (χ0n) is 18.5. The van der Waals surface area contributed by atoms with Gasteiger partial charge in [-0.25, -0.2) is 10.9 Å². The summed E-state index contributed by atoms with van der Waals surface area (Å²) >= 11 is 1.63. The van der Waals surface area contributed by atoms with E-state index in [1.807, 2.05) is 48.5 Å². The van der Waals surface area contributed by atoms with Gasteiger partial charge >= 0.3 is 0 Å². The number of hydrogen-bond donors (Lipinski definition) is 0. The SMILES string of the molecule is CCSC(=Nc1ccccc1)C(=C=[N-])[P+](c1ccccc1)(c1ccccc1)c1ccccc1. The highest BCUT2D eigenvalue weighted by atomic mass is 32.2. The molecule has 0 aliphatic carbocycles. The van der Waals surface area contributed by atoms with E-state index in [9.17, 15) is 5.41 Å². The largest absolute Gasteiger partial charge is 0.760 e. The van der Waals surface area contributed by atoms with Crippen LogP contribution in [-0.4, -0.2) is 16.7 Å². The summed E-state index contributed by atoms with van der Waals surface area (Å²) in [5.74, 6) is 3.49. The summed E-state index contributed by atoms with van der Waals surface area (Å²) in [5, 5.41) is 15.7. The van der Waals surface area contributed by atoms with Crippen LogP contribution in [0.1, 0.15) is 6.92 Å². The van der Waals surface area contributed by atoms with E-state index in [-0.39, 0.29) is 0 Å². The first kappa shape index (κ1) is 23.0. The molecule has 0 bridgehead atoms. The standard InChI is InChI=1S/C29H25N2PS/c1-2-33-29(31-24-15-7-3-8-16-24)28(23-30)32(25-17-9-4-10-18-25,26-19-11-5-12-20-26)27-21-13-6-14-22-27/h3-22H,2H2,1H3. The Labute approximate surface area is 201 Å². The lowest BCUT2D eigenvalue weighted by Gasteiger charge is -2.29. The second kappa shape index (κ2) is 11.1. The molecule has 0 radical (unpaired) electrons. The molecule has 0 spiro atoms. The molecule has 2 nitrogen and oxygen atoms in total. The zero-order valence-corrected chi connectivity index (χ0v) is 20.2. The molecule has 0 heterocycles. The van der Waals surface area contributed by atoms with Gasteiger partial charge in [-0.3, -0.25) is 0 Å². The molecule has 4 aromatic carbocycles. The van der Waals surface area contributed by atoms with Crippen molar-refractivity contribution in [2.75, 3.05) is 5.75 Å². The number of aliphatic imine (C=N–C) groups is 1. The van der Waals surface area contributed by atoms with Gasteiger partial charge in [0.15, 0.2) is 12.6 Å².